The number of ether oxygens (including phenoxy) is 1. The maximum atomic E-state index is 12.5. The van der Waals surface area contributed by atoms with Crippen molar-refractivity contribution in [2.75, 3.05) is 30.4 Å². The molecule has 2 heterocycles. The molecule has 6 nitrogen and oxygen atoms in total. The second kappa shape index (κ2) is 7.12. The first-order chi connectivity index (χ1) is 11.7. The number of aromatic nitrogens is 1. The molecule has 1 N–H and O–H groups in total. The quantitative estimate of drug-likeness (QED) is 0.875. The van der Waals surface area contributed by atoms with E-state index in [0.717, 1.165) is 31.6 Å². The van der Waals surface area contributed by atoms with Crippen molar-refractivity contribution in [2.45, 2.75) is 12.8 Å². The molecule has 1 saturated heterocycles. The zero-order chi connectivity index (χ0) is 16.9. The lowest BCUT2D eigenvalue weighted by Gasteiger charge is -2.17. The number of hydrogen-bond donors (Lipinski definition) is 1. The van der Waals surface area contributed by atoms with Gasteiger partial charge in [-0.2, -0.15) is 0 Å². The fourth-order valence-electron chi connectivity index (χ4n) is 2.78. The number of esters is 1. The molecule has 1 aromatic heterocycles. The highest BCUT2D eigenvalue weighted by Gasteiger charge is 2.17. The van der Waals surface area contributed by atoms with E-state index in [9.17, 15) is 9.59 Å². The molecule has 2 aromatic rings. The van der Waals surface area contributed by atoms with Gasteiger partial charge in [-0.1, -0.05) is 12.1 Å². The molecule has 0 spiro atoms. The number of rotatable bonds is 4. The Kier molecular flexibility index (Phi) is 4.74. The predicted octanol–water partition coefficient (Wildman–Crippen LogP) is 2.72. The summed E-state index contributed by atoms with van der Waals surface area (Å²) in [5, 5.41) is 2.74. The molecule has 0 atom stereocenters. The zero-order valence-corrected chi connectivity index (χ0v) is 13.5. The Bertz CT molecular complexity index is 755. The van der Waals surface area contributed by atoms with Gasteiger partial charge in [-0.15, -0.1) is 0 Å². The third-order valence-electron chi connectivity index (χ3n) is 4.03. The average Bonchev–Trinajstić information content (AvgIpc) is 3.16. The van der Waals surface area contributed by atoms with Crippen LogP contribution in [0.15, 0.2) is 42.6 Å². The number of amides is 1. The van der Waals surface area contributed by atoms with E-state index in [0.29, 0.717) is 16.9 Å². The van der Waals surface area contributed by atoms with E-state index in [-0.39, 0.29) is 5.91 Å². The SMILES string of the molecule is COC(=O)c1ccccc1NC(=O)c1cc(N2CCCC2)ccn1. The van der Waals surface area contributed by atoms with E-state index < -0.39 is 5.97 Å². The van der Waals surface area contributed by atoms with Gasteiger partial charge in [0, 0.05) is 25.0 Å². The van der Waals surface area contributed by atoms with Crippen LogP contribution in [0, 0.1) is 0 Å². The molecule has 0 aliphatic carbocycles. The van der Waals surface area contributed by atoms with Gasteiger partial charge in [-0.3, -0.25) is 9.78 Å². The molecule has 6 heteroatoms. The first-order valence-corrected chi connectivity index (χ1v) is 7.89. The molecule has 124 valence electrons. The number of benzene rings is 1. The monoisotopic (exact) mass is 325 g/mol. The van der Waals surface area contributed by atoms with Crippen molar-refractivity contribution in [1.82, 2.24) is 4.98 Å². The minimum Gasteiger partial charge on any atom is -0.465 e. The van der Waals surface area contributed by atoms with Crippen molar-refractivity contribution in [1.29, 1.82) is 0 Å². The fourth-order valence-corrected chi connectivity index (χ4v) is 2.78. The summed E-state index contributed by atoms with van der Waals surface area (Å²) in [7, 11) is 1.31. The number of nitrogens with zero attached hydrogens (tertiary/aromatic N) is 2. The Morgan fingerprint density at radius 2 is 1.92 bits per heavy atom. The summed E-state index contributed by atoms with van der Waals surface area (Å²) < 4.78 is 4.74. The molecule has 24 heavy (non-hydrogen) atoms. The van der Waals surface area contributed by atoms with Crippen LogP contribution in [0.4, 0.5) is 11.4 Å². The highest BCUT2D eigenvalue weighted by atomic mass is 16.5. The van der Waals surface area contributed by atoms with Crippen molar-refractivity contribution < 1.29 is 14.3 Å². The standard InChI is InChI=1S/C18H19N3O3/c1-24-18(23)14-6-2-3-7-15(14)20-17(22)16-12-13(8-9-19-16)21-10-4-5-11-21/h2-3,6-9,12H,4-5,10-11H2,1H3,(H,20,22). The third-order valence-corrected chi connectivity index (χ3v) is 4.03. The topological polar surface area (TPSA) is 71.5 Å². The third kappa shape index (κ3) is 3.37. The Labute approximate surface area is 140 Å². The maximum Gasteiger partial charge on any atom is 0.339 e. The Balaban J connectivity index is 1.81. The van der Waals surface area contributed by atoms with E-state index in [4.69, 9.17) is 4.74 Å². The molecule has 1 aliphatic rings. The highest BCUT2D eigenvalue weighted by Crippen LogP contribution is 2.21. The number of para-hydroxylation sites is 1. The summed E-state index contributed by atoms with van der Waals surface area (Å²) in [4.78, 5) is 30.7. The lowest BCUT2D eigenvalue weighted by atomic mass is 10.1. The van der Waals surface area contributed by atoms with Crippen molar-refractivity contribution in [3.63, 3.8) is 0 Å². The second-order valence-electron chi connectivity index (χ2n) is 5.58. The van der Waals surface area contributed by atoms with Crippen LogP contribution in [0.1, 0.15) is 33.7 Å². The second-order valence-corrected chi connectivity index (χ2v) is 5.58. The largest absolute Gasteiger partial charge is 0.465 e. The fraction of sp³-hybridized carbons (Fsp3) is 0.278. The van der Waals surface area contributed by atoms with Crippen LogP contribution in [-0.4, -0.2) is 37.1 Å². The van der Waals surface area contributed by atoms with Crippen LogP contribution in [-0.2, 0) is 4.74 Å². The summed E-state index contributed by atoms with van der Waals surface area (Å²) >= 11 is 0. The minimum absolute atomic E-state index is 0.309. The zero-order valence-electron chi connectivity index (χ0n) is 13.5. The molecule has 1 aliphatic heterocycles. The first kappa shape index (κ1) is 16.0. The van der Waals surface area contributed by atoms with E-state index in [2.05, 4.69) is 15.2 Å². The van der Waals surface area contributed by atoms with Crippen molar-refractivity contribution >= 4 is 23.3 Å². The first-order valence-electron chi connectivity index (χ1n) is 7.89. The molecular formula is C18H19N3O3. The van der Waals surface area contributed by atoms with Crippen molar-refractivity contribution in [3.05, 3.63) is 53.9 Å². The Morgan fingerprint density at radius 1 is 1.17 bits per heavy atom. The number of anilines is 2. The molecule has 1 fully saturated rings. The van der Waals surface area contributed by atoms with Gasteiger partial charge in [0.2, 0.25) is 0 Å². The van der Waals surface area contributed by atoms with Gasteiger partial charge in [-0.25, -0.2) is 4.79 Å². The molecular weight excluding hydrogens is 306 g/mol. The predicted molar refractivity (Wildman–Crippen MR) is 91.4 cm³/mol. The summed E-state index contributed by atoms with van der Waals surface area (Å²) in [6.07, 6.45) is 3.96. The molecule has 1 aromatic carbocycles. The molecule has 0 bridgehead atoms. The number of carbonyl (C=O) groups excluding carboxylic acids is 2. The highest BCUT2D eigenvalue weighted by molar-refractivity contribution is 6.07. The summed E-state index contributed by atoms with van der Waals surface area (Å²) in [6.45, 7) is 1.99. The van der Waals surface area contributed by atoms with Crippen LogP contribution in [0.2, 0.25) is 0 Å². The van der Waals surface area contributed by atoms with Gasteiger partial charge in [0.05, 0.1) is 18.4 Å². The Morgan fingerprint density at radius 3 is 2.67 bits per heavy atom. The van der Waals surface area contributed by atoms with Gasteiger partial charge in [0.25, 0.3) is 5.91 Å². The molecule has 1 amide bonds. The molecule has 0 radical (unpaired) electrons. The van der Waals surface area contributed by atoms with Crippen molar-refractivity contribution in [3.8, 4) is 0 Å². The average molecular weight is 325 g/mol. The smallest absolute Gasteiger partial charge is 0.339 e. The van der Waals surface area contributed by atoms with Crippen LogP contribution in [0.3, 0.4) is 0 Å². The molecule has 0 saturated carbocycles. The molecule has 3 rings (SSSR count). The van der Waals surface area contributed by atoms with Gasteiger partial charge in [-0.05, 0) is 37.1 Å². The lowest BCUT2D eigenvalue weighted by Crippen LogP contribution is -2.20. The van der Waals surface area contributed by atoms with Crippen LogP contribution < -0.4 is 10.2 Å². The number of nitrogens with one attached hydrogen (secondary N) is 1. The number of methoxy groups -OCH3 is 1. The number of carbonyl (C=O) groups is 2. The van der Waals surface area contributed by atoms with Crippen molar-refractivity contribution in [2.24, 2.45) is 0 Å². The van der Waals surface area contributed by atoms with Crippen LogP contribution in [0.5, 0.6) is 0 Å². The number of pyridine rings is 1. The van der Waals surface area contributed by atoms with Gasteiger partial charge in [0.1, 0.15) is 5.69 Å². The normalized spacial score (nSPS) is 13.6. The number of hydrogen-bond acceptors (Lipinski definition) is 5. The van der Waals surface area contributed by atoms with Crippen LogP contribution >= 0.6 is 0 Å². The van der Waals surface area contributed by atoms with Gasteiger partial charge < -0.3 is 15.0 Å². The molecule has 0 unspecified atom stereocenters. The van der Waals surface area contributed by atoms with E-state index in [1.165, 1.54) is 7.11 Å². The summed E-state index contributed by atoms with van der Waals surface area (Å²) in [6, 6.07) is 10.4. The lowest BCUT2D eigenvalue weighted by molar-refractivity contribution is 0.0602. The summed E-state index contributed by atoms with van der Waals surface area (Å²) in [5.74, 6) is -0.850. The summed E-state index contributed by atoms with van der Waals surface area (Å²) in [5.41, 5.74) is 2.03. The van der Waals surface area contributed by atoms with E-state index in [1.807, 2.05) is 6.07 Å². The maximum absolute atomic E-state index is 12.5. The van der Waals surface area contributed by atoms with E-state index in [1.54, 1.807) is 36.5 Å². The van der Waals surface area contributed by atoms with Gasteiger partial charge >= 0.3 is 5.97 Å². The van der Waals surface area contributed by atoms with Crippen LogP contribution in [0.25, 0.3) is 0 Å². The van der Waals surface area contributed by atoms with E-state index >= 15 is 0 Å². The minimum atomic E-state index is -0.496. The van der Waals surface area contributed by atoms with Gasteiger partial charge in [0.15, 0.2) is 0 Å². The Hall–Kier alpha value is -2.89.